The first kappa shape index (κ1) is 19.8. The van der Waals surface area contributed by atoms with Crippen LogP contribution in [0.15, 0.2) is 35.8 Å². The first-order valence-corrected chi connectivity index (χ1v) is 10.1. The Balaban J connectivity index is 1.42. The van der Waals surface area contributed by atoms with E-state index in [2.05, 4.69) is 0 Å². The number of aliphatic hydroxyl groups is 1. The normalized spacial score (nSPS) is 26.2. The first-order valence-electron chi connectivity index (χ1n) is 10.1. The Kier molecular flexibility index (Phi) is 5.25. The fourth-order valence-electron chi connectivity index (χ4n) is 4.60. The molecule has 0 saturated carbocycles. The van der Waals surface area contributed by atoms with Crippen LogP contribution < -0.4 is 0 Å². The Hall–Kier alpha value is -2.54. The molecule has 156 valence electrons. The van der Waals surface area contributed by atoms with Crippen LogP contribution in [0.4, 0.5) is 0 Å². The number of likely N-dealkylation sites (tertiary alicyclic amines) is 2. The molecule has 0 bridgehead atoms. The largest absolute Gasteiger partial charge is 0.491 e. The molecule has 4 rings (SSSR count). The number of hydrogen-bond donors (Lipinski definition) is 1. The minimum Gasteiger partial charge on any atom is -0.491 e. The Labute approximate surface area is 170 Å². The van der Waals surface area contributed by atoms with Gasteiger partial charge in [0.2, 0.25) is 11.7 Å². The van der Waals surface area contributed by atoms with Crippen molar-refractivity contribution in [3.05, 3.63) is 46.9 Å². The molecule has 3 heterocycles. The number of amides is 2. The van der Waals surface area contributed by atoms with Gasteiger partial charge in [0.05, 0.1) is 13.0 Å². The summed E-state index contributed by atoms with van der Waals surface area (Å²) in [7, 11) is 0. The molecule has 0 aliphatic carbocycles. The Bertz CT molecular complexity index is 834. The van der Waals surface area contributed by atoms with Gasteiger partial charge in [-0.1, -0.05) is 29.8 Å². The van der Waals surface area contributed by atoms with Gasteiger partial charge in [-0.15, -0.1) is 0 Å². The summed E-state index contributed by atoms with van der Waals surface area (Å²) in [4.78, 5) is 29.3. The van der Waals surface area contributed by atoms with Crippen molar-refractivity contribution < 1.29 is 24.2 Å². The van der Waals surface area contributed by atoms with Gasteiger partial charge >= 0.3 is 0 Å². The minimum absolute atomic E-state index is 0.0505. The second kappa shape index (κ2) is 7.71. The SMILES string of the molecule is CC1=C(C(=O)N2C[C@H]3CN(C(=O)Cc4ccc(C)cc4)C[C@@]3(CO)C2)OCCO1. The van der Waals surface area contributed by atoms with Gasteiger partial charge in [-0.05, 0) is 19.4 Å². The van der Waals surface area contributed by atoms with Crippen molar-refractivity contribution in [2.45, 2.75) is 20.3 Å². The molecule has 1 N–H and O–H groups in total. The second-order valence-electron chi connectivity index (χ2n) is 8.42. The topological polar surface area (TPSA) is 79.3 Å². The molecule has 3 aliphatic heterocycles. The number of carbonyl (C=O) groups excluding carboxylic acids is 2. The minimum atomic E-state index is -0.470. The second-order valence-corrected chi connectivity index (χ2v) is 8.42. The zero-order chi connectivity index (χ0) is 20.6. The van der Waals surface area contributed by atoms with E-state index in [1.165, 1.54) is 5.56 Å². The summed E-state index contributed by atoms with van der Waals surface area (Å²) >= 11 is 0. The zero-order valence-corrected chi connectivity index (χ0v) is 17.0. The molecule has 0 radical (unpaired) electrons. The highest BCUT2D eigenvalue weighted by Crippen LogP contribution is 2.43. The first-order chi connectivity index (χ1) is 13.9. The van der Waals surface area contributed by atoms with Gasteiger partial charge in [-0.3, -0.25) is 9.59 Å². The van der Waals surface area contributed by atoms with Gasteiger partial charge in [-0.2, -0.15) is 0 Å². The van der Waals surface area contributed by atoms with E-state index >= 15 is 0 Å². The zero-order valence-electron chi connectivity index (χ0n) is 17.0. The van der Waals surface area contributed by atoms with E-state index in [1.54, 1.807) is 11.8 Å². The van der Waals surface area contributed by atoms with Gasteiger partial charge < -0.3 is 24.4 Å². The molecule has 7 heteroatoms. The number of ether oxygens (including phenoxy) is 2. The maximum atomic E-state index is 12.9. The lowest BCUT2D eigenvalue weighted by molar-refractivity contribution is -0.133. The summed E-state index contributed by atoms with van der Waals surface area (Å²) in [5.41, 5.74) is 1.69. The molecule has 29 heavy (non-hydrogen) atoms. The van der Waals surface area contributed by atoms with Crippen LogP contribution in [0.25, 0.3) is 0 Å². The molecule has 0 aromatic heterocycles. The number of rotatable bonds is 4. The van der Waals surface area contributed by atoms with Crippen molar-refractivity contribution in [3.63, 3.8) is 0 Å². The summed E-state index contributed by atoms with van der Waals surface area (Å²) in [6.45, 7) is 6.47. The number of nitrogens with zero attached hydrogens (tertiary/aromatic N) is 2. The highest BCUT2D eigenvalue weighted by molar-refractivity contribution is 5.92. The van der Waals surface area contributed by atoms with E-state index in [1.807, 2.05) is 36.1 Å². The molecule has 0 unspecified atom stereocenters. The Morgan fingerprint density at radius 3 is 2.38 bits per heavy atom. The molecule has 1 aromatic rings. The summed E-state index contributed by atoms with van der Waals surface area (Å²) in [6, 6.07) is 7.98. The average molecular weight is 400 g/mol. The van der Waals surface area contributed by atoms with E-state index < -0.39 is 5.41 Å². The van der Waals surface area contributed by atoms with Gasteiger partial charge in [0.1, 0.15) is 19.0 Å². The smallest absolute Gasteiger partial charge is 0.292 e. The van der Waals surface area contributed by atoms with Crippen LogP contribution >= 0.6 is 0 Å². The molecule has 2 amide bonds. The molecule has 2 saturated heterocycles. The van der Waals surface area contributed by atoms with Gasteiger partial charge in [-0.25, -0.2) is 0 Å². The molecular formula is C22H28N2O5. The summed E-state index contributed by atoms with van der Waals surface area (Å²) in [5, 5.41) is 10.2. The fourth-order valence-corrected chi connectivity index (χ4v) is 4.60. The van der Waals surface area contributed by atoms with Crippen LogP contribution in [0, 0.1) is 18.3 Å². The van der Waals surface area contributed by atoms with Gasteiger partial charge in [0, 0.05) is 37.5 Å². The lowest BCUT2D eigenvalue weighted by Gasteiger charge is -2.28. The number of fused-ring (bicyclic) bond motifs is 1. The quantitative estimate of drug-likeness (QED) is 0.819. The van der Waals surface area contributed by atoms with Crippen molar-refractivity contribution in [2.24, 2.45) is 11.3 Å². The average Bonchev–Trinajstić information content (AvgIpc) is 3.24. The number of aliphatic hydroxyl groups excluding tert-OH is 1. The number of benzene rings is 1. The predicted octanol–water partition coefficient (Wildman–Crippen LogP) is 1.10. The number of allylic oxidation sites excluding steroid dienone is 1. The fraction of sp³-hybridized carbons (Fsp3) is 0.545. The van der Waals surface area contributed by atoms with Crippen LogP contribution in [0.3, 0.4) is 0 Å². The number of hydrogen-bond acceptors (Lipinski definition) is 5. The lowest BCUT2D eigenvalue weighted by Crippen LogP contribution is -2.41. The van der Waals surface area contributed by atoms with Crippen LogP contribution in [0.2, 0.25) is 0 Å². The predicted molar refractivity (Wildman–Crippen MR) is 106 cm³/mol. The summed E-state index contributed by atoms with van der Waals surface area (Å²) in [6.07, 6.45) is 0.356. The van der Waals surface area contributed by atoms with E-state index in [-0.39, 0.29) is 30.1 Å². The number of aryl methyl sites for hydroxylation is 1. The highest BCUT2D eigenvalue weighted by atomic mass is 16.6. The van der Waals surface area contributed by atoms with Crippen LogP contribution in [0.5, 0.6) is 0 Å². The van der Waals surface area contributed by atoms with E-state index in [4.69, 9.17) is 9.47 Å². The third-order valence-corrected chi connectivity index (χ3v) is 6.35. The van der Waals surface area contributed by atoms with Crippen LogP contribution in [0.1, 0.15) is 18.1 Å². The molecule has 1 aromatic carbocycles. The van der Waals surface area contributed by atoms with Crippen LogP contribution in [-0.2, 0) is 25.5 Å². The van der Waals surface area contributed by atoms with Gasteiger partial charge in [0.25, 0.3) is 5.91 Å². The van der Waals surface area contributed by atoms with Crippen molar-refractivity contribution in [1.29, 1.82) is 0 Å². The Morgan fingerprint density at radius 2 is 1.72 bits per heavy atom. The lowest BCUT2D eigenvalue weighted by atomic mass is 9.82. The van der Waals surface area contributed by atoms with Crippen molar-refractivity contribution in [3.8, 4) is 0 Å². The van der Waals surface area contributed by atoms with Crippen LogP contribution in [-0.4, -0.2) is 72.7 Å². The van der Waals surface area contributed by atoms with Gasteiger partial charge in [0.15, 0.2) is 0 Å². The number of carbonyl (C=O) groups is 2. The maximum absolute atomic E-state index is 12.9. The molecule has 7 nitrogen and oxygen atoms in total. The molecular weight excluding hydrogens is 372 g/mol. The third kappa shape index (κ3) is 3.71. The maximum Gasteiger partial charge on any atom is 0.292 e. The van der Waals surface area contributed by atoms with Crippen molar-refractivity contribution in [1.82, 2.24) is 9.80 Å². The van der Waals surface area contributed by atoms with E-state index in [9.17, 15) is 14.7 Å². The molecule has 0 spiro atoms. The standard InChI is InChI=1S/C22H28N2O5/c1-15-3-5-17(6-4-15)9-19(26)23-10-18-11-24(13-22(18,12-23)14-25)21(27)20-16(2)28-7-8-29-20/h3-6,18,25H,7-14H2,1-2H3/t18-,22+/m1/s1. The Morgan fingerprint density at radius 1 is 1.07 bits per heavy atom. The van der Waals surface area contributed by atoms with Crippen molar-refractivity contribution >= 4 is 11.8 Å². The molecule has 2 fully saturated rings. The van der Waals surface area contributed by atoms with E-state index in [0.29, 0.717) is 51.6 Å². The summed E-state index contributed by atoms with van der Waals surface area (Å²) in [5.74, 6) is 0.699. The van der Waals surface area contributed by atoms with Crippen molar-refractivity contribution in [2.75, 3.05) is 46.0 Å². The molecule has 3 aliphatic rings. The van der Waals surface area contributed by atoms with E-state index in [0.717, 1.165) is 5.56 Å². The molecule has 2 atom stereocenters. The summed E-state index contributed by atoms with van der Waals surface area (Å²) < 4.78 is 11.0. The monoisotopic (exact) mass is 400 g/mol. The third-order valence-electron chi connectivity index (χ3n) is 6.35. The highest BCUT2D eigenvalue weighted by Gasteiger charge is 2.54.